The van der Waals surface area contributed by atoms with Gasteiger partial charge in [0.1, 0.15) is 17.5 Å². The Bertz CT molecular complexity index is 1630. The Labute approximate surface area is 242 Å². The molecule has 226 valence electrons. The van der Waals surface area contributed by atoms with E-state index in [2.05, 4.69) is 10.1 Å². The maximum atomic E-state index is 14.2. The van der Waals surface area contributed by atoms with E-state index >= 15 is 0 Å². The van der Waals surface area contributed by atoms with Crippen LogP contribution in [0, 0.1) is 17.5 Å². The van der Waals surface area contributed by atoms with Gasteiger partial charge in [-0.25, -0.2) is 13.2 Å². The number of nitrogens with two attached hydrogens (primary N) is 1. The predicted octanol–water partition coefficient (Wildman–Crippen LogP) is 5.53. The Kier molecular flexibility index (Phi) is 9.34. The molecule has 2 N–H and O–H groups in total. The molecule has 0 radical (unpaired) electrons. The van der Waals surface area contributed by atoms with Crippen molar-refractivity contribution in [2.75, 3.05) is 14.1 Å². The summed E-state index contributed by atoms with van der Waals surface area (Å²) in [5, 5.41) is 3.61. The third-order valence-corrected chi connectivity index (χ3v) is 6.58. The first-order valence-corrected chi connectivity index (χ1v) is 13.0. The van der Waals surface area contributed by atoms with Crippen molar-refractivity contribution in [2.45, 2.75) is 38.0 Å². The van der Waals surface area contributed by atoms with Crippen molar-refractivity contribution in [1.82, 2.24) is 19.7 Å². The summed E-state index contributed by atoms with van der Waals surface area (Å²) in [6.45, 7) is -0.561. The topological polar surface area (TPSA) is 94.1 Å². The normalized spacial score (nSPS) is 12.5. The molecule has 0 saturated carbocycles. The third kappa shape index (κ3) is 7.86. The molecule has 13 heteroatoms. The number of hydrogen-bond acceptors (Lipinski definition) is 5. The number of aromatic nitrogens is 3. The molecule has 7 nitrogen and oxygen atoms in total. The van der Waals surface area contributed by atoms with Gasteiger partial charge in [-0.3, -0.25) is 19.3 Å². The zero-order valence-electron chi connectivity index (χ0n) is 23.1. The number of rotatable bonds is 11. The van der Waals surface area contributed by atoms with Gasteiger partial charge in [0.25, 0.3) is 5.91 Å². The van der Waals surface area contributed by atoms with E-state index in [0.29, 0.717) is 17.2 Å². The van der Waals surface area contributed by atoms with Crippen LogP contribution in [-0.2, 0) is 30.5 Å². The van der Waals surface area contributed by atoms with Crippen molar-refractivity contribution in [2.24, 2.45) is 5.73 Å². The largest absolute Gasteiger partial charge is 0.435 e. The SMILES string of the molecule is CN(C)Cc1cn(CC(=O)C[C@@H](Cc2cc(F)cc(F)c2)c2ncccc2-c2ccc(F)c(C(N)=O)c2)nc1C(F)(F)F. The van der Waals surface area contributed by atoms with Crippen LogP contribution >= 0.6 is 0 Å². The lowest BCUT2D eigenvalue weighted by molar-refractivity contribution is -0.142. The van der Waals surface area contributed by atoms with Gasteiger partial charge in [0.05, 0.1) is 17.8 Å². The summed E-state index contributed by atoms with van der Waals surface area (Å²) in [6.07, 6.45) is -2.51. The molecule has 0 aliphatic heterocycles. The second-order valence-corrected chi connectivity index (χ2v) is 10.4. The van der Waals surface area contributed by atoms with E-state index in [1.807, 2.05) is 0 Å². The minimum absolute atomic E-state index is 0.0565. The molecule has 0 spiro atoms. The van der Waals surface area contributed by atoms with Gasteiger partial charge >= 0.3 is 6.18 Å². The lowest BCUT2D eigenvalue weighted by Gasteiger charge is -2.20. The van der Waals surface area contributed by atoms with Gasteiger partial charge < -0.3 is 10.6 Å². The Balaban J connectivity index is 1.72. The van der Waals surface area contributed by atoms with E-state index in [1.165, 1.54) is 23.2 Å². The van der Waals surface area contributed by atoms with E-state index in [0.717, 1.165) is 29.1 Å². The number of pyridine rings is 1. The van der Waals surface area contributed by atoms with Crippen molar-refractivity contribution in [3.8, 4) is 11.1 Å². The molecule has 1 atom stereocenters. The molecule has 0 bridgehead atoms. The highest BCUT2D eigenvalue weighted by molar-refractivity contribution is 5.94. The summed E-state index contributed by atoms with van der Waals surface area (Å²) in [5.74, 6) is -4.87. The Hall–Kier alpha value is -4.52. The number of carbonyl (C=O) groups is 2. The highest BCUT2D eigenvalue weighted by Crippen LogP contribution is 2.34. The molecule has 2 heterocycles. The van der Waals surface area contributed by atoms with Gasteiger partial charge in [0.15, 0.2) is 11.5 Å². The molecule has 4 aromatic rings. The fourth-order valence-corrected chi connectivity index (χ4v) is 4.91. The maximum Gasteiger partial charge on any atom is 0.435 e. The zero-order valence-corrected chi connectivity index (χ0v) is 23.1. The van der Waals surface area contributed by atoms with Gasteiger partial charge in [0, 0.05) is 48.5 Å². The zero-order chi connectivity index (χ0) is 31.5. The van der Waals surface area contributed by atoms with Crippen LogP contribution in [0.5, 0.6) is 0 Å². The molecule has 0 aliphatic rings. The lowest BCUT2D eigenvalue weighted by atomic mass is 9.86. The third-order valence-electron chi connectivity index (χ3n) is 6.58. The van der Waals surface area contributed by atoms with E-state index < -0.39 is 53.5 Å². The van der Waals surface area contributed by atoms with Crippen LogP contribution in [-0.4, -0.2) is 45.5 Å². The van der Waals surface area contributed by atoms with Crippen LogP contribution in [0.15, 0.2) is 60.9 Å². The number of amides is 1. The number of benzene rings is 2. The van der Waals surface area contributed by atoms with Crippen LogP contribution in [0.1, 0.15) is 45.2 Å². The monoisotopic (exact) mass is 603 g/mol. The second kappa shape index (κ2) is 12.8. The maximum absolute atomic E-state index is 14.2. The minimum atomic E-state index is -4.73. The first-order valence-electron chi connectivity index (χ1n) is 13.0. The molecular weight excluding hydrogens is 576 g/mol. The summed E-state index contributed by atoms with van der Waals surface area (Å²) in [5.41, 5.74) is 4.95. The summed E-state index contributed by atoms with van der Waals surface area (Å²) in [4.78, 5) is 31.0. The lowest BCUT2D eigenvalue weighted by Crippen LogP contribution is -2.18. The van der Waals surface area contributed by atoms with E-state index in [4.69, 9.17) is 5.73 Å². The Morgan fingerprint density at radius 3 is 2.35 bits per heavy atom. The molecule has 43 heavy (non-hydrogen) atoms. The number of halogens is 6. The molecule has 0 fully saturated rings. The minimum Gasteiger partial charge on any atom is -0.366 e. The number of carbonyl (C=O) groups excluding carboxylic acids is 2. The van der Waals surface area contributed by atoms with E-state index in [1.54, 1.807) is 26.2 Å². The van der Waals surface area contributed by atoms with Crippen molar-refractivity contribution >= 4 is 11.7 Å². The molecule has 1 amide bonds. The molecular formula is C30H27F6N5O2. The van der Waals surface area contributed by atoms with Gasteiger partial charge in [-0.15, -0.1) is 0 Å². The Morgan fingerprint density at radius 1 is 1.02 bits per heavy atom. The molecule has 0 saturated heterocycles. The van der Waals surface area contributed by atoms with E-state index in [9.17, 15) is 35.9 Å². The average Bonchev–Trinajstić information content (AvgIpc) is 3.29. The van der Waals surface area contributed by atoms with Gasteiger partial charge in [-0.1, -0.05) is 12.1 Å². The first kappa shape index (κ1) is 31.4. The summed E-state index contributed by atoms with van der Waals surface area (Å²) < 4.78 is 84.0. The van der Waals surface area contributed by atoms with Gasteiger partial charge in [-0.05, 0) is 62.0 Å². The van der Waals surface area contributed by atoms with Gasteiger partial charge in [-0.2, -0.15) is 18.3 Å². The molecule has 2 aromatic heterocycles. The van der Waals surface area contributed by atoms with Crippen LogP contribution in [0.2, 0.25) is 0 Å². The number of primary amides is 1. The Morgan fingerprint density at radius 2 is 1.72 bits per heavy atom. The number of nitrogens with zero attached hydrogens (tertiary/aromatic N) is 4. The highest BCUT2D eigenvalue weighted by Gasteiger charge is 2.37. The number of Topliss-reactive ketones (excluding diaryl/α,β-unsaturated/α-hetero) is 1. The van der Waals surface area contributed by atoms with E-state index in [-0.39, 0.29) is 41.8 Å². The number of ketones is 1. The number of alkyl halides is 3. The quantitative estimate of drug-likeness (QED) is 0.228. The van der Waals surface area contributed by atoms with Crippen molar-refractivity contribution in [3.63, 3.8) is 0 Å². The van der Waals surface area contributed by atoms with Crippen LogP contribution in [0.25, 0.3) is 11.1 Å². The molecule has 2 aromatic carbocycles. The first-order chi connectivity index (χ1) is 20.2. The fourth-order valence-electron chi connectivity index (χ4n) is 4.91. The number of hydrogen-bond donors (Lipinski definition) is 1. The summed E-state index contributed by atoms with van der Waals surface area (Å²) in [6, 6.07) is 9.75. The summed E-state index contributed by atoms with van der Waals surface area (Å²) >= 11 is 0. The highest BCUT2D eigenvalue weighted by atomic mass is 19.4. The van der Waals surface area contributed by atoms with Crippen LogP contribution in [0.4, 0.5) is 26.3 Å². The average molecular weight is 604 g/mol. The molecule has 0 unspecified atom stereocenters. The van der Waals surface area contributed by atoms with Crippen molar-refractivity contribution in [3.05, 3.63) is 106 Å². The van der Waals surface area contributed by atoms with Crippen LogP contribution in [0.3, 0.4) is 0 Å². The fraction of sp³-hybridized carbons (Fsp3) is 0.267. The molecule has 4 rings (SSSR count). The predicted molar refractivity (Wildman–Crippen MR) is 145 cm³/mol. The van der Waals surface area contributed by atoms with Crippen molar-refractivity contribution in [1.29, 1.82) is 0 Å². The summed E-state index contributed by atoms with van der Waals surface area (Å²) in [7, 11) is 3.20. The van der Waals surface area contributed by atoms with Crippen LogP contribution < -0.4 is 5.73 Å². The van der Waals surface area contributed by atoms with Crippen molar-refractivity contribution < 1.29 is 35.9 Å². The standard InChI is InChI=1S/C30H27F6N5O2/c1-40(2)14-20-15-41(39-28(20)30(34,35)36)16-23(42)11-19(8-17-9-21(31)13-22(32)10-17)27-24(4-3-7-38-27)18-5-6-26(33)25(12-18)29(37)43/h3-7,9-10,12-13,15,19H,8,11,14,16H2,1-2H3,(H2,37,43)/t19-/m1/s1. The second-order valence-electron chi connectivity index (χ2n) is 10.4. The molecule has 0 aliphatic carbocycles. The smallest absolute Gasteiger partial charge is 0.366 e. The van der Waals surface area contributed by atoms with Gasteiger partial charge in [0.2, 0.25) is 0 Å².